The molecule has 0 spiro atoms. The summed E-state index contributed by atoms with van der Waals surface area (Å²) >= 11 is 0. The van der Waals surface area contributed by atoms with E-state index in [0.717, 1.165) is 43.2 Å². The maximum atomic E-state index is 13.8. The summed E-state index contributed by atoms with van der Waals surface area (Å²) in [7, 11) is -39.8. The molecule has 670 valence electrons. The molecule has 12 unspecified atom stereocenters. The topological polar surface area (TPSA) is 466 Å². The van der Waals surface area contributed by atoms with Gasteiger partial charge in [0.15, 0.2) is 0 Å². The number of phosphoric ester groups is 8. The van der Waals surface area contributed by atoms with Crippen LogP contribution < -0.4 is 0 Å². The van der Waals surface area contributed by atoms with Gasteiger partial charge in [-0.1, -0.05) is 27.7 Å². The predicted molar refractivity (Wildman–Crippen MR) is 424 cm³/mol. The molecule has 9 N–H and O–H groups in total. The second kappa shape index (κ2) is 59.6. The Kier molecular flexibility index (Phi) is 58.5. The van der Waals surface area contributed by atoms with Crippen molar-refractivity contribution >= 4 is 62.6 Å². The molecule has 0 aliphatic rings. The zero-order valence-electron chi connectivity index (χ0n) is 65.6. The summed E-state index contributed by atoms with van der Waals surface area (Å²) < 4.78 is 186. The Labute approximate surface area is 733 Å². The SMILES string of the molecule is COP(=O)(O)OCC(C)(COP(=O)(O)OCCCc1ccc[cH-]1)COP(=O)(O)OCC(C)(COP(=O)(O)OCCCc1ccc[cH-]1)COP(=O)(O)OCC(C)(COP(=O)(O)OCCCc1ccc[cH-]1)COP(=O)(O)OCC(C)(CO)COP(=O)(O)OCCCc1ccc[cH-]1.[Fe+2].[Fe+2].[Fe+2].[Fe+2].c1cc[cH-]c1.c1cc[cH-]c1.c1cc[cH-]c1.c1cc[cH-]c1. The summed E-state index contributed by atoms with van der Waals surface area (Å²) in [6.45, 7) is -8.05. The van der Waals surface area contributed by atoms with Gasteiger partial charge in [-0.3, -0.25) is 72.4 Å². The van der Waals surface area contributed by atoms with Crippen LogP contribution in [0, 0.1) is 21.7 Å². The predicted octanol–water partition coefficient (Wildman–Crippen LogP) is 15.7. The van der Waals surface area contributed by atoms with Crippen molar-refractivity contribution in [3.05, 3.63) is 241 Å². The minimum atomic E-state index is -5.52. The molecule has 12 atom stereocenters. The molecule has 0 aliphatic heterocycles. The Balaban J connectivity index is 0.00000494. The molecule has 0 radical (unpaired) electrons. The fourth-order valence-electron chi connectivity index (χ4n) is 8.86. The van der Waals surface area contributed by atoms with E-state index in [9.17, 15) is 80.8 Å². The van der Waals surface area contributed by atoms with Gasteiger partial charge in [-0.15, -0.1) is 0 Å². The van der Waals surface area contributed by atoms with Gasteiger partial charge in [0.2, 0.25) is 0 Å². The van der Waals surface area contributed by atoms with E-state index in [1.54, 1.807) is 24.3 Å². The maximum absolute atomic E-state index is 13.8. The summed E-state index contributed by atoms with van der Waals surface area (Å²) in [4.78, 5) is 85.0. The molecular weight excluding hydrogens is 1880 g/mol. The van der Waals surface area contributed by atoms with Gasteiger partial charge in [0.1, 0.15) is 0 Å². The smallest absolute Gasteiger partial charge is 0.396 e. The third-order valence-corrected chi connectivity index (χ3v) is 23.1. The van der Waals surface area contributed by atoms with Gasteiger partial charge in [-0.25, -0.2) is 134 Å². The van der Waals surface area contributed by atoms with Crippen LogP contribution in [0.1, 0.15) is 75.6 Å². The molecule has 8 rings (SSSR count). The number of rotatable bonds is 55. The first kappa shape index (κ1) is 116. The third-order valence-electron chi connectivity index (χ3n) is 15.6. The molecule has 0 saturated heterocycles. The van der Waals surface area contributed by atoms with Crippen LogP contribution in [0.3, 0.4) is 0 Å². The van der Waals surface area contributed by atoms with Crippen LogP contribution in [0.4, 0.5) is 0 Å². The molecule has 0 amide bonds. The summed E-state index contributed by atoms with van der Waals surface area (Å²) in [6.07, 6.45) is 3.07. The van der Waals surface area contributed by atoms with Gasteiger partial charge in [-0.05, 0) is 51.4 Å². The second-order valence-corrected chi connectivity index (χ2v) is 38.8. The van der Waals surface area contributed by atoms with Crippen molar-refractivity contribution < 1.29 is 221 Å². The first-order valence-electron chi connectivity index (χ1n) is 35.7. The van der Waals surface area contributed by atoms with E-state index in [2.05, 4.69) is 4.52 Å². The van der Waals surface area contributed by atoms with E-state index in [-0.39, 0.29) is 108 Å². The van der Waals surface area contributed by atoms with Gasteiger partial charge in [0.25, 0.3) is 0 Å². The number of aryl methyl sites for hydroxylation is 4. The molecule has 33 nitrogen and oxygen atoms in total. The first-order chi connectivity index (χ1) is 53.7. The van der Waals surface area contributed by atoms with Crippen LogP contribution in [-0.4, -0.2) is 157 Å². The van der Waals surface area contributed by atoms with Crippen LogP contribution in [0.15, 0.2) is 218 Å². The largest absolute Gasteiger partial charge is 2.00 e. The van der Waals surface area contributed by atoms with E-state index < -0.39 is 164 Å². The van der Waals surface area contributed by atoms with Gasteiger partial charge < -0.3 is 44.3 Å². The number of phosphoric acid groups is 8. The fourth-order valence-corrected chi connectivity index (χ4v) is 16.2. The summed E-state index contributed by atoms with van der Waals surface area (Å²) in [5.74, 6) is 0. The Bertz CT molecular complexity index is 3930. The van der Waals surface area contributed by atoms with Crippen LogP contribution >= 0.6 is 62.6 Å². The van der Waals surface area contributed by atoms with Crippen molar-refractivity contribution in [2.24, 2.45) is 21.7 Å². The van der Waals surface area contributed by atoms with E-state index in [1.807, 2.05) is 194 Å². The quantitative estimate of drug-likeness (QED) is 0.00740. The Morgan fingerprint density at radius 3 is 0.576 bits per heavy atom. The zero-order chi connectivity index (χ0) is 84.0. The van der Waals surface area contributed by atoms with Crippen LogP contribution in [0.25, 0.3) is 0 Å². The van der Waals surface area contributed by atoms with E-state index in [1.165, 1.54) is 13.8 Å². The van der Waals surface area contributed by atoms with Gasteiger partial charge >= 0.3 is 131 Å². The monoisotopic (exact) mass is 1980 g/mol. The standard InChI is InChI=1S/C53H88O33P8.4C5H5.4Fe/c1-50(34-54,35-77-88(57,58)72-30-14-26-46-18-6-7-19-46)36-78-92(65,66)82-42-52(3,39-80-90(61,62)74-32-16-28-48-22-10-11-23-48)43-85-94(69,70)86-45-53(4,40-81-91(63,64)75-33-17-29-49-24-12-13-25-49)44-84-93(67,68)83-41-51(2,37-76-87(55,56)71-5)38-79-89(59,60)73-31-15-27-47-20-8-9-21-47;4*1-2-4-5-3-1;;;;/h6-13,18-25,54H,14-17,26-45H2,1-5H3,(H,55,56)(H,57,58)(H,59,60)(H,61,62)(H,63,64)(H,65,66)(H,67,68)(H,69,70);4*1-5H;;;;/q-4;4*-1;4*+2. The van der Waals surface area contributed by atoms with Crippen LogP contribution in [0.5, 0.6) is 0 Å². The van der Waals surface area contributed by atoms with Gasteiger partial charge in [-0.2, -0.15) is 144 Å². The van der Waals surface area contributed by atoms with Crippen molar-refractivity contribution in [3.8, 4) is 0 Å². The molecule has 0 bridgehead atoms. The maximum Gasteiger partial charge on any atom is 2.00 e. The average Bonchev–Trinajstić information content (AvgIpc) is 1.08. The molecule has 0 heterocycles. The average molecular weight is 1980 g/mol. The molecule has 0 aliphatic carbocycles. The van der Waals surface area contributed by atoms with Crippen LogP contribution in [-0.2, 0) is 203 Å². The Morgan fingerprint density at radius 2 is 0.432 bits per heavy atom. The van der Waals surface area contributed by atoms with E-state index in [4.69, 9.17) is 67.9 Å². The van der Waals surface area contributed by atoms with Crippen LogP contribution in [0.2, 0.25) is 0 Å². The number of hydrogen-bond acceptors (Lipinski definition) is 25. The number of aliphatic hydroxyl groups is 1. The Morgan fingerprint density at radius 1 is 0.263 bits per heavy atom. The Hall–Kier alpha value is -2.28. The molecular formula is C73H108Fe4O33P8. The number of hydrogen-bond donors (Lipinski definition) is 9. The van der Waals surface area contributed by atoms with Crippen molar-refractivity contribution in [1.82, 2.24) is 0 Å². The number of aliphatic hydroxyl groups excluding tert-OH is 1. The van der Waals surface area contributed by atoms with Crippen molar-refractivity contribution in [2.75, 3.05) is 113 Å². The minimum absolute atomic E-state index is 0. The van der Waals surface area contributed by atoms with Crippen molar-refractivity contribution in [1.29, 1.82) is 0 Å². The second-order valence-electron chi connectivity index (χ2n) is 27.1. The molecule has 8 aromatic rings. The fraction of sp³-hybridized carbons (Fsp3) is 0.452. The van der Waals surface area contributed by atoms with E-state index >= 15 is 0 Å². The third kappa shape index (κ3) is 55.9. The van der Waals surface area contributed by atoms with Crippen molar-refractivity contribution in [2.45, 2.75) is 79.1 Å². The van der Waals surface area contributed by atoms with Gasteiger partial charge in [0.05, 0.1) is 106 Å². The zero-order valence-corrected chi connectivity index (χ0v) is 77.1. The molecule has 0 saturated carbocycles. The summed E-state index contributed by atoms with van der Waals surface area (Å²) in [5, 5.41) is 10.2. The van der Waals surface area contributed by atoms with Crippen molar-refractivity contribution in [3.63, 3.8) is 0 Å². The summed E-state index contributed by atoms with van der Waals surface area (Å²) in [6, 6.07) is 69.1. The molecule has 45 heteroatoms. The molecule has 8 aromatic carbocycles. The minimum Gasteiger partial charge on any atom is -0.396 e. The molecule has 0 fully saturated rings. The first-order valence-corrected chi connectivity index (χ1v) is 47.6. The summed E-state index contributed by atoms with van der Waals surface area (Å²) in [5.41, 5.74) is -3.90. The molecule has 118 heavy (non-hydrogen) atoms. The molecule has 0 aromatic heterocycles. The van der Waals surface area contributed by atoms with Gasteiger partial charge in [0, 0.05) is 28.8 Å². The van der Waals surface area contributed by atoms with E-state index in [0.29, 0.717) is 38.5 Å². The normalized spacial score (nSPS) is 17.4.